The molecule has 0 radical (unpaired) electrons. The lowest BCUT2D eigenvalue weighted by molar-refractivity contribution is -0.124. The Bertz CT molecular complexity index is 1030. The van der Waals surface area contributed by atoms with Crippen molar-refractivity contribution >= 4 is 11.8 Å². The molecule has 31 heavy (non-hydrogen) atoms. The average Bonchev–Trinajstić information content (AvgIpc) is 3.24. The van der Waals surface area contributed by atoms with Crippen LogP contribution < -0.4 is 10.6 Å². The van der Waals surface area contributed by atoms with Crippen molar-refractivity contribution in [3.8, 4) is 0 Å². The highest BCUT2D eigenvalue weighted by Gasteiger charge is 2.27. The molecule has 0 aliphatic heterocycles. The van der Waals surface area contributed by atoms with E-state index >= 15 is 0 Å². The zero-order valence-electron chi connectivity index (χ0n) is 17.3. The summed E-state index contributed by atoms with van der Waals surface area (Å²) < 4.78 is 29.7. The molecule has 2 N–H and O–H groups in total. The summed E-state index contributed by atoms with van der Waals surface area (Å²) in [6, 6.07) is 9.88. The largest absolute Gasteiger partial charge is 0.350 e. The third kappa shape index (κ3) is 5.53. The minimum absolute atomic E-state index is 0.247. The number of aromatic nitrogens is 2. The zero-order chi connectivity index (χ0) is 22.4. The second-order valence-electron chi connectivity index (χ2n) is 7.51. The van der Waals surface area contributed by atoms with Gasteiger partial charge in [0.15, 0.2) is 0 Å². The molecule has 162 valence electrons. The Morgan fingerprint density at radius 1 is 1.03 bits per heavy atom. The van der Waals surface area contributed by atoms with Crippen molar-refractivity contribution in [2.45, 2.75) is 33.0 Å². The highest BCUT2D eigenvalue weighted by atomic mass is 19.1. The van der Waals surface area contributed by atoms with E-state index in [9.17, 15) is 18.4 Å². The summed E-state index contributed by atoms with van der Waals surface area (Å²) in [5.74, 6) is -3.65. The summed E-state index contributed by atoms with van der Waals surface area (Å²) in [5, 5.41) is 5.28. The number of hydrogen-bond acceptors (Lipinski definition) is 3. The number of benzene rings is 2. The molecule has 0 aliphatic rings. The molecule has 3 rings (SSSR count). The molecular formula is C23H24F2N4O2. The molecule has 6 nitrogen and oxygen atoms in total. The quantitative estimate of drug-likeness (QED) is 0.581. The number of halogens is 2. The van der Waals surface area contributed by atoms with E-state index in [1.54, 1.807) is 26.4 Å². The highest BCUT2D eigenvalue weighted by Crippen LogP contribution is 2.14. The fraction of sp³-hybridized carbons (Fsp3) is 0.261. The maximum absolute atomic E-state index is 13.9. The minimum atomic E-state index is -0.978. The van der Waals surface area contributed by atoms with E-state index in [2.05, 4.69) is 15.6 Å². The van der Waals surface area contributed by atoms with Crippen LogP contribution in [0.25, 0.3) is 0 Å². The van der Waals surface area contributed by atoms with Crippen LogP contribution >= 0.6 is 0 Å². The Balaban J connectivity index is 1.69. The Hall–Kier alpha value is -3.55. The molecular weight excluding hydrogens is 402 g/mol. The van der Waals surface area contributed by atoms with Crippen LogP contribution in [0.3, 0.4) is 0 Å². The first-order valence-electron chi connectivity index (χ1n) is 9.92. The molecule has 1 unspecified atom stereocenters. The van der Waals surface area contributed by atoms with Gasteiger partial charge in [-0.3, -0.25) is 9.59 Å². The molecule has 8 heteroatoms. The van der Waals surface area contributed by atoms with Gasteiger partial charge in [0.1, 0.15) is 23.2 Å². The van der Waals surface area contributed by atoms with Gasteiger partial charge in [-0.15, -0.1) is 0 Å². The average molecular weight is 426 g/mol. The molecule has 0 bridgehead atoms. The molecule has 1 heterocycles. The molecule has 2 aromatic carbocycles. The Morgan fingerprint density at radius 3 is 2.32 bits per heavy atom. The number of hydrogen-bond donors (Lipinski definition) is 2. The van der Waals surface area contributed by atoms with Crippen LogP contribution in [0.2, 0.25) is 0 Å². The second-order valence-corrected chi connectivity index (χ2v) is 7.51. The minimum Gasteiger partial charge on any atom is -0.350 e. The van der Waals surface area contributed by atoms with Crippen molar-refractivity contribution in [2.24, 2.45) is 5.92 Å². The van der Waals surface area contributed by atoms with E-state index in [1.807, 2.05) is 35.0 Å². The molecule has 0 spiro atoms. The van der Waals surface area contributed by atoms with Gasteiger partial charge in [-0.2, -0.15) is 0 Å². The van der Waals surface area contributed by atoms with Crippen LogP contribution in [-0.4, -0.2) is 27.4 Å². The third-order valence-electron chi connectivity index (χ3n) is 4.91. The summed E-state index contributed by atoms with van der Waals surface area (Å²) in [5.41, 5.74) is 1.23. The Morgan fingerprint density at radius 2 is 1.71 bits per heavy atom. The fourth-order valence-corrected chi connectivity index (χ4v) is 3.22. The summed E-state index contributed by atoms with van der Waals surface area (Å²) in [6.07, 6.45) is 5.25. The van der Waals surface area contributed by atoms with Gasteiger partial charge in [0.25, 0.3) is 5.91 Å². The van der Waals surface area contributed by atoms with Gasteiger partial charge < -0.3 is 15.2 Å². The SMILES string of the molecule is CC(C)C(NC(=O)c1c(F)cccc1F)C(=O)NCc1ccccc1Cn1ccnc1. The van der Waals surface area contributed by atoms with Crippen LogP contribution in [0.5, 0.6) is 0 Å². The molecule has 1 atom stereocenters. The number of carbonyl (C=O) groups is 2. The van der Waals surface area contributed by atoms with Gasteiger partial charge in [-0.25, -0.2) is 13.8 Å². The lowest BCUT2D eigenvalue weighted by Crippen LogP contribution is -2.49. The Kier molecular flexibility index (Phi) is 7.12. The van der Waals surface area contributed by atoms with E-state index in [0.717, 1.165) is 23.3 Å². The predicted molar refractivity (Wildman–Crippen MR) is 112 cm³/mol. The van der Waals surface area contributed by atoms with Crippen LogP contribution in [0.15, 0.2) is 61.2 Å². The smallest absolute Gasteiger partial charge is 0.257 e. The summed E-state index contributed by atoms with van der Waals surface area (Å²) in [4.78, 5) is 29.3. The van der Waals surface area contributed by atoms with Gasteiger partial charge in [-0.1, -0.05) is 44.2 Å². The molecule has 3 aromatic rings. The van der Waals surface area contributed by atoms with E-state index in [0.29, 0.717) is 6.54 Å². The second kappa shape index (κ2) is 9.97. The van der Waals surface area contributed by atoms with Crippen molar-refractivity contribution in [3.63, 3.8) is 0 Å². The van der Waals surface area contributed by atoms with Crippen molar-refractivity contribution in [3.05, 3.63) is 89.5 Å². The normalized spacial score (nSPS) is 11.9. The molecule has 0 aliphatic carbocycles. The lowest BCUT2D eigenvalue weighted by atomic mass is 10.0. The van der Waals surface area contributed by atoms with E-state index in [1.165, 1.54) is 6.07 Å². The maximum atomic E-state index is 13.9. The molecule has 0 saturated carbocycles. The number of imidazole rings is 1. The van der Waals surface area contributed by atoms with Crippen LogP contribution in [0, 0.1) is 17.6 Å². The maximum Gasteiger partial charge on any atom is 0.257 e. The zero-order valence-corrected chi connectivity index (χ0v) is 17.3. The molecule has 0 saturated heterocycles. The molecule has 1 aromatic heterocycles. The fourth-order valence-electron chi connectivity index (χ4n) is 3.22. The number of carbonyl (C=O) groups excluding carboxylic acids is 2. The lowest BCUT2D eigenvalue weighted by Gasteiger charge is -2.22. The van der Waals surface area contributed by atoms with Crippen LogP contribution in [0.1, 0.15) is 35.3 Å². The summed E-state index contributed by atoms with van der Waals surface area (Å²) in [6.45, 7) is 4.34. The van der Waals surface area contributed by atoms with Crippen molar-refractivity contribution < 1.29 is 18.4 Å². The first-order chi connectivity index (χ1) is 14.9. The molecule has 0 fully saturated rings. The van der Waals surface area contributed by atoms with E-state index < -0.39 is 35.1 Å². The van der Waals surface area contributed by atoms with Gasteiger partial charge in [-0.05, 0) is 29.2 Å². The third-order valence-corrected chi connectivity index (χ3v) is 4.91. The summed E-state index contributed by atoms with van der Waals surface area (Å²) in [7, 11) is 0. The van der Waals surface area contributed by atoms with Gasteiger partial charge >= 0.3 is 0 Å². The van der Waals surface area contributed by atoms with Crippen molar-refractivity contribution in [2.75, 3.05) is 0 Å². The van der Waals surface area contributed by atoms with Gasteiger partial charge in [0.05, 0.1) is 6.33 Å². The predicted octanol–water partition coefficient (Wildman–Crippen LogP) is 3.28. The first-order valence-corrected chi connectivity index (χ1v) is 9.92. The first kappa shape index (κ1) is 22.1. The Labute approximate surface area is 179 Å². The number of nitrogens with one attached hydrogen (secondary N) is 2. The van der Waals surface area contributed by atoms with Crippen LogP contribution in [-0.2, 0) is 17.9 Å². The number of amides is 2. The van der Waals surface area contributed by atoms with Crippen LogP contribution in [0.4, 0.5) is 8.78 Å². The van der Waals surface area contributed by atoms with E-state index in [-0.39, 0.29) is 12.5 Å². The van der Waals surface area contributed by atoms with Gasteiger partial charge in [0, 0.05) is 25.5 Å². The number of nitrogens with zero attached hydrogens (tertiary/aromatic N) is 2. The standard InChI is InChI=1S/C23H24F2N4O2/c1-15(2)21(28-22(30)20-18(24)8-5-9-19(20)25)23(31)27-12-16-6-3-4-7-17(16)13-29-11-10-26-14-29/h3-11,14-15,21H,12-13H2,1-2H3,(H,27,31)(H,28,30). The topological polar surface area (TPSA) is 76.0 Å². The monoisotopic (exact) mass is 426 g/mol. The van der Waals surface area contributed by atoms with Crippen molar-refractivity contribution in [1.29, 1.82) is 0 Å². The number of rotatable bonds is 8. The highest BCUT2D eigenvalue weighted by molar-refractivity contribution is 5.98. The summed E-state index contributed by atoms with van der Waals surface area (Å²) >= 11 is 0. The van der Waals surface area contributed by atoms with Gasteiger partial charge in [0.2, 0.25) is 5.91 Å². The van der Waals surface area contributed by atoms with E-state index in [4.69, 9.17) is 0 Å². The van der Waals surface area contributed by atoms with Crippen molar-refractivity contribution in [1.82, 2.24) is 20.2 Å². The molecule has 2 amide bonds.